The third kappa shape index (κ3) is 3.98. The van der Waals surface area contributed by atoms with Crippen LogP contribution in [0.5, 0.6) is 5.75 Å². The van der Waals surface area contributed by atoms with Crippen molar-refractivity contribution in [2.24, 2.45) is 5.92 Å². The van der Waals surface area contributed by atoms with Gasteiger partial charge in [0.05, 0.1) is 6.61 Å². The van der Waals surface area contributed by atoms with Crippen LogP contribution in [0, 0.1) is 12.8 Å². The summed E-state index contributed by atoms with van der Waals surface area (Å²) in [5, 5.41) is 9.46. The van der Waals surface area contributed by atoms with Crippen LogP contribution in [0.1, 0.15) is 44.2 Å². The summed E-state index contributed by atoms with van der Waals surface area (Å²) in [6, 6.07) is 6.67. The molecule has 1 saturated heterocycles. The van der Waals surface area contributed by atoms with E-state index in [1.807, 2.05) is 0 Å². The fourth-order valence-electron chi connectivity index (χ4n) is 3.33. The van der Waals surface area contributed by atoms with Crippen molar-refractivity contribution in [3.8, 4) is 5.75 Å². The molecule has 0 spiro atoms. The molecule has 1 aliphatic heterocycles. The van der Waals surface area contributed by atoms with Crippen molar-refractivity contribution in [1.29, 1.82) is 0 Å². The van der Waals surface area contributed by atoms with Crippen LogP contribution in [-0.4, -0.2) is 42.4 Å². The summed E-state index contributed by atoms with van der Waals surface area (Å²) in [7, 11) is 0. The first-order chi connectivity index (χ1) is 10.0. The Morgan fingerprint density at radius 1 is 1.38 bits per heavy atom. The lowest BCUT2D eigenvalue weighted by Crippen LogP contribution is -2.37. The van der Waals surface area contributed by atoms with Crippen LogP contribution in [0.2, 0.25) is 0 Å². The van der Waals surface area contributed by atoms with Crippen molar-refractivity contribution < 1.29 is 9.84 Å². The monoisotopic (exact) mass is 291 g/mol. The second kappa shape index (κ2) is 7.28. The Morgan fingerprint density at radius 3 is 2.76 bits per heavy atom. The van der Waals surface area contributed by atoms with E-state index in [1.54, 1.807) is 0 Å². The Morgan fingerprint density at radius 2 is 2.14 bits per heavy atom. The summed E-state index contributed by atoms with van der Waals surface area (Å²) in [5.41, 5.74) is 2.68. The number of likely N-dealkylation sites (tertiary alicyclic amines) is 1. The van der Waals surface area contributed by atoms with E-state index in [0.717, 1.165) is 18.8 Å². The van der Waals surface area contributed by atoms with Gasteiger partial charge < -0.3 is 9.84 Å². The fourth-order valence-corrected chi connectivity index (χ4v) is 3.33. The largest absolute Gasteiger partial charge is 0.492 e. The second-order valence-electron chi connectivity index (χ2n) is 6.57. The lowest BCUT2D eigenvalue weighted by atomic mass is 9.98. The summed E-state index contributed by atoms with van der Waals surface area (Å²) >= 11 is 0. The van der Waals surface area contributed by atoms with Gasteiger partial charge in [0.2, 0.25) is 0 Å². The third-order valence-corrected chi connectivity index (χ3v) is 4.70. The molecule has 1 aliphatic rings. The van der Waals surface area contributed by atoms with Crippen LogP contribution in [-0.2, 0) is 0 Å². The second-order valence-corrected chi connectivity index (χ2v) is 6.57. The highest BCUT2D eigenvalue weighted by Crippen LogP contribution is 2.25. The molecule has 0 bridgehead atoms. The first kappa shape index (κ1) is 16.3. The Hall–Kier alpha value is -1.06. The molecule has 1 heterocycles. The molecule has 3 heteroatoms. The van der Waals surface area contributed by atoms with Gasteiger partial charge in [-0.2, -0.15) is 0 Å². The molecular formula is C18H29NO2. The number of benzene rings is 1. The lowest BCUT2D eigenvalue weighted by molar-refractivity contribution is 0.123. The van der Waals surface area contributed by atoms with Crippen LogP contribution < -0.4 is 4.74 Å². The van der Waals surface area contributed by atoms with Crippen LogP contribution in [0.15, 0.2) is 18.2 Å². The van der Waals surface area contributed by atoms with Crippen LogP contribution in [0.4, 0.5) is 0 Å². The van der Waals surface area contributed by atoms with Gasteiger partial charge in [-0.05, 0) is 55.0 Å². The van der Waals surface area contributed by atoms with E-state index in [2.05, 4.69) is 50.8 Å². The molecule has 1 N–H and O–H groups in total. The third-order valence-electron chi connectivity index (χ3n) is 4.70. The van der Waals surface area contributed by atoms with E-state index in [4.69, 9.17) is 4.74 Å². The molecule has 1 fully saturated rings. The van der Waals surface area contributed by atoms with E-state index in [9.17, 15) is 5.11 Å². The van der Waals surface area contributed by atoms with Crippen LogP contribution >= 0.6 is 0 Å². The predicted molar refractivity (Wildman–Crippen MR) is 87.0 cm³/mol. The van der Waals surface area contributed by atoms with E-state index in [1.165, 1.54) is 17.5 Å². The lowest BCUT2D eigenvalue weighted by Gasteiger charge is -2.24. The average molecular weight is 291 g/mol. The Labute approximate surface area is 128 Å². The van der Waals surface area contributed by atoms with E-state index < -0.39 is 0 Å². The first-order valence-electron chi connectivity index (χ1n) is 8.11. The maximum atomic E-state index is 9.46. The maximum Gasteiger partial charge on any atom is 0.119 e. The highest BCUT2D eigenvalue weighted by Gasteiger charge is 2.29. The zero-order chi connectivity index (χ0) is 15.4. The van der Waals surface area contributed by atoms with Crippen molar-refractivity contribution in [3.63, 3.8) is 0 Å². The van der Waals surface area contributed by atoms with Gasteiger partial charge in [0.15, 0.2) is 0 Å². The van der Waals surface area contributed by atoms with Crippen molar-refractivity contribution in [2.45, 2.75) is 46.1 Å². The minimum absolute atomic E-state index is 0.253. The van der Waals surface area contributed by atoms with Crippen LogP contribution in [0.3, 0.4) is 0 Å². The van der Waals surface area contributed by atoms with Gasteiger partial charge in [-0.3, -0.25) is 4.90 Å². The summed E-state index contributed by atoms with van der Waals surface area (Å²) < 4.78 is 5.89. The zero-order valence-electron chi connectivity index (χ0n) is 13.8. The highest BCUT2D eigenvalue weighted by atomic mass is 16.5. The molecular weight excluding hydrogens is 262 g/mol. The van der Waals surface area contributed by atoms with Gasteiger partial charge in [-0.1, -0.05) is 26.8 Å². The van der Waals surface area contributed by atoms with Gasteiger partial charge in [-0.15, -0.1) is 0 Å². The molecule has 2 rings (SSSR count). The Kier molecular flexibility index (Phi) is 5.65. The van der Waals surface area contributed by atoms with Gasteiger partial charge in [0, 0.05) is 12.6 Å². The molecule has 0 aliphatic carbocycles. The Bertz CT molecular complexity index is 459. The van der Waals surface area contributed by atoms with Gasteiger partial charge in [0.25, 0.3) is 0 Å². The topological polar surface area (TPSA) is 32.7 Å². The fraction of sp³-hybridized carbons (Fsp3) is 0.667. The van der Waals surface area contributed by atoms with E-state index >= 15 is 0 Å². The molecule has 2 unspecified atom stereocenters. The number of aryl methyl sites for hydroxylation is 1. The number of hydrogen-bond donors (Lipinski definition) is 1. The van der Waals surface area contributed by atoms with Gasteiger partial charge in [0.1, 0.15) is 12.4 Å². The van der Waals surface area contributed by atoms with E-state index in [-0.39, 0.29) is 6.61 Å². The van der Waals surface area contributed by atoms with Crippen molar-refractivity contribution in [1.82, 2.24) is 4.90 Å². The smallest absolute Gasteiger partial charge is 0.119 e. The molecule has 0 amide bonds. The summed E-state index contributed by atoms with van der Waals surface area (Å²) in [6.07, 6.45) is 1.17. The minimum atomic E-state index is 0.253. The highest BCUT2D eigenvalue weighted by molar-refractivity contribution is 5.36. The zero-order valence-corrected chi connectivity index (χ0v) is 13.8. The number of aliphatic hydroxyl groups is 1. The molecule has 1 aromatic rings. The number of ether oxygens (including phenoxy) is 1. The molecule has 0 aromatic heterocycles. The van der Waals surface area contributed by atoms with Crippen molar-refractivity contribution >= 4 is 0 Å². The van der Waals surface area contributed by atoms with Gasteiger partial charge in [-0.25, -0.2) is 0 Å². The van der Waals surface area contributed by atoms with Crippen molar-refractivity contribution in [3.05, 3.63) is 29.3 Å². The molecule has 1 aromatic carbocycles. The normalized spacial score (nSPS) is 23.0. The molecule has 0 radical (unpaired) electrons. The average Bonchev–Trinajstić information content (AvgIpc) is 2.79. The standard InChI is InChI=1S/C18H29NO2/c1-13(2)17-6-5-16(11-15(17)4)21-10-9-19-8-7-14(3)18(19)12-20/h5-6,11,13-14,18,20H,7-10,12H2,1-4H3. The maximum absolute atomic E-state index is 9.46. The summed E-state index contributed by atoms with van der Waals surface area (Å²) in [5.74, 6) is 2.09. The molecule has 118 valence electrons. The predicted octanol–water partition coefficient (Wildman–Crippen LogP) is 3.20. The van der Waals surface area contributed by atoms with Crippen molar-refractivity contribution in [2.75, 3.05) is 26.3 Å². The molecule has 0 saturated carbocycles. The first-order valence-corrected chi connectivity index (χ1v) is 8.11. The quantitative estimate of drug-likeness (QED) is 0.873. The summed E-state index contributed by atoms with van der Waals surface area (Å²) in [6.45, 7) is 11.7. The summed E-state index contributed by atoms with van der Waals surface area (Å²) in [4.78, 5) is 2.35. The minimum Gasteiger partial charge on any atom is -0.492 e. The number of hydrogen-bond acceptors (Lipinski definition) is 3. The number of nitrogens with zero attached hydrogens (tertiary/aromatic N) is 1. The number of aliphatic hydroxyl groups excluding tert-OH is 1. The van der Waals surface area contributed by atoms with Gasteiger partial charge >= 0.3 is 0 Å². The molecule has 2 atom stereocenters. The van der Waals surface area contributed by atoms with E-state index in [0.29, 0.717) is 24.5 Å². The van der Waals surface area contributed by atoms with Crippen LogP contribution in [0.25, 0.3) is 0 Å². The SMILES string of the molecule is Cc1cc(OCCN2CCC(C)C2CO)ccc1C(C)C. The molecule has 3 nitrogen and oxygen atoms in total. The molecule has 21 heavy (non-hydrogen) atoms. The Balaban J connectivity index is 1.85. The number of rotatable bonds is 6.